The molecule has 0 aliphatic heterocycles. The van der Waals surface area contributed by atoms with Crippen molar-refractivity contribution in [3.63, 3.8) is 0 Å². The fraction of sp³-hybridized carbons (Fsp3) is 0.214. The molecular weight excluding hydrogens is 242 g/mol. The van der Waals surface area contributed by atoms with E-state index in [2.05, 4.69) is 5.32 Å². The van der Waals surface area contributed by atoms with Gasteiger partial charge in [-0.05, 0) is 24.3 Å². The van der Waals surface area contributed by atoms with E-state index in [1.54, 1.807) is 37.8 Å². The van der Waals surface area contributed by atoms with Crippen molar-refractivity contribution in [2.75, 3.05) is 24.7 Å². The molecule has 0 aliphatic rings. The molecule has 0 bridgehead atoms. The minimum atomic E-state index is -0.131. The van der Waals surface area contributed by atoms with Crippen LogP contribution in [-0.2, 0) is 6.54 Å². The fourth-order valence-corrected chi connectivity index (χ4v) is 1.93. The van der Waals surface area contributed by atoms with Crippen molar-refractivity contribution in [2.24, 2.45) is 0 Å². The molecule has 1 aromatic heterocycles. The Morgan fingerprint density at radius 3 is 2.84 bits per heavy atom. The maximum atomic E-state index is 11.9. The molecular formula is C14H17N3O2. The monoisotopic (exact) mass is 259 g/mol. The average Bonchev–Trinajstić information content (AvgIpc) is 2.90. The molecule has 19 heavy (non-hydrogen) atoms. The number of carbonyl (C=O) groups is 1. The number of furan rings is 1. The van der Waals surface area contributed by atoms with Gasteiger partial charge in [0.15, 0.2) is 0 Å². The number of anilines is 2. The lowest BCUT2D eigenvalue weighted by Gasteiger charge is -2.21. The number of hydrogen-bond acceptors (Lipinski definition) is 4. The molecule has 0 aliphatic carbocycles. The van der Waals surface area contributed by atoms with Gasteiger partial charge in [-0.25, -0.2) is 0 Å². The summed E-state index contributed by atoms with van der Waals surface area (Å²) >= 11 is 0. The van der Waals surface area contributed by atoms with Gasteiger partial charge in [-0.2, -0.15) is 0 Å². The number of nitrogens with one attached hydrogen (secondary N) is 1. The number of hydrogen-bond donors (Lipinski definition) is 2. The zero-order chi connectivity index (χ0) is 13.8. The van der Waals surface area contributed by atoms with Crippen molar-refractivity contribution in [2.45, 2.75) is 6.54 Å². The van der Waals surface area contributed by atoms with Gasteiger partial charge in [-0.3, -0.25) is 4.79 Å². The van der Waals surface area contributed by atoms with E-state index in [-0.39, 0.29) is 5.91 Å². The molecule has 2 rings (SSSR count). The fourth-order valence-electron chi connectivity index (χ4n) is 1.93. The van der Waals surface area contributed by atoms with E-state index in [1.165, 1.54) is 0 Å². The lowest BCUT2D eigenvalue weighted by molar-refractivity contribution is 0.0963. The highest BCUT2D eigenvalue weighted by Crippen LogP contribution is 2.24. The minimum Gasteiger partial charge on any atom is -0.472 e. The molecule has 1 heterocycles. The molecule has 0 spiro atoms. The molecule has 1 aromatic carbocycles. The Bertz CT molecular complexity index is 564. The predicted octanol–water partition coefficient (Wildman–Crippen LogP) is 1.86. The Morgan fingerprint density at radius 2 is 2.21 bits per heavy atom. The second kappa shape index (κ2) is 5.48. The van der Waals surface area contributed by atoms with Gasteiger partial charge in [-0.1, -0.05) is 0 Å². The summed E-state index contributed by atoms with van der Waals surface area (Å²) in [7, 11) is 3.52. The van der Waals surface area contributed by atoms with Crippen LogP contribution in [0.1, 0.15) is 15.9 Å². The predicted molar refractivity (Wildman–Crippen MR) is 75.1 cm³/mol. The van der Waals surface area contributed by atoms with Crippen molar-refractivity contribution in [3.8, 4) is 0 Å². The third-order valence-corrected chi connectivity index (χ3v) is 2.90. The minimum absolute atomic E-state index is 0.131. The highest BCUT2D eigenvalue weighted by Gasteiger charge is 2.14. The first-order valence-electron chi connectivity index (χ1n) is 5.95. The van der Waals surface area contributed by atoms with Crippen molar-refractivity contribution in [3.05, 3.63) is 47.9 Å². The van der Waals surface area contributed by atoms with Crippen molar-refractivity contribution in [1.82, 2.24) is 5.32 Å². The Kier molecular flexibility index (Phi) is 3.75. The van der Waals surface area contributed by atoms with Crippen LogP contribution in [0.4, 0.5) is 11.4 Å². The summed E-state index contributed by atoms with van der Waals surface area (Å²) in [5.74, 6) is -0.131. The van der Waals surface area contributed by atoms with Gasteiger partial charge < -0.3 is 20.4 Å². The molecule has 100 valence electrons. The summed E-state index contributed by atoms with van der Waals surface area (Å²) in [6.07, 6.45) is 3.31. The Morgan fingerprint density at radius 1 is 1.42 bits per heavy atom. The molecule has 0 saturated heterocycles. The maximum Gasteiger partial charge on any atom is 0.253 e. The number of nitrogens with zero attached hydrogens (tertiary/aromatic N) is 1. The van der Waals surface area contributed by atoms with Crippen LogP contribution in [0, 0.1) is 0 Å². The van der Waals surface area contributed by atoms with E-state index in [9.17, 15) is 4.79 Å². The summed E-state index contributed by atoms with van der Waals surface area (Å²) in [5, 5.41) is 2.63. The Balaban J connectivity index is 2.31. The van der Waals surface area contributed by atoms with Crippen molar-refractivity contribution in [1.29, 1.82) is 0 Å². The summed E-state index contributed by atoms with van der Waals surface area (Å²) in [5.41, 5.74) is 8.86. The Hall–Kier alpha value is -2.43. The van der Waals surface area contributed by atoms with Crippen LogP contribution in [0.15, 0.2) is 41.2 Å². The largest absolute Gasteiger partial charge is 0.472 e. The molecule has 1 amide bonds. The van der Waals surface area contributed by atoms with Crippen LogP contribution in [0.3, 0.4) is 0 Å². The number of nitrogen functional groups attached to an aromatic ring is 1. The number of nitrogens with two attached hydrogens (primary N) is 1. The van der Waals surface area contributed by atoms with Gasteiger partial charge in [-0.15, -0.1) is 0 Å². The van der Waals surface area contributed by atoms with Gasteiger partial charge in [0.05, 0.1) is 23.8 Å². The molecule has 0 saturated carbocycles. The van der Waals surface area contributed by atoms with Crippen LogP contribution in [0.5, 0.6) is 0 Å². The van der Waals surface area contributed by atoms with E-state index in [1.807, 2.05) is 18.0 Å². The summed E-state index contributed by atoms with van der Waals surface area (Å²) in [6.45, 7) is 0.643. The molecule has 2 aromatic rings. The second-order valence-corrected chi connectivity index (χ2v) is 4.34. The molecule has 5 heteroatoms. The first kappa shape index (κ1) is 13.0. The third-order valence-electron chi connectivity index (χ3n) is 2.90. The number of amides is 1. The summed E-state index contributed by atoms with van der Waals surface area (Å²) in [6, 6.07) is 7.14. The normalized spacial score (nSPS) is 10.2. The van der Waals surface area contributed by atoms with Crippen LogP contribution < -0.4 is 16.0 Å². The first-order chi connectivity index (χ1) is 9.11. The van der Waals surface area contributed by atoms with Crippen LogP contribution in [0.2, 0.25) is 0 Å². The van der Waals surface area contributed by atoms with Crippen molar-refractivity contribution < 1.29 is 9.21 Å². The molecule has 3 N–H and O–H groups in total. The van der Waals surface area contributed by atoms with E-state index < -0.39 is 0 Å². The van der Waals surface area contributed by atoms with Gasteiger partial charge in [0.2, 0.25) is 0 Å². The Labute approximate surface area is 112 Å². The van der Waals surface area contributed by atoms with Gasteiger partial charge in [0, 0.05) is 31.9 Å². The molecule has 0 atom stereocenters. The lowest BCUT2D eigenvalue weighted by Crippen LogP contribution is -2.24. The van der Waals surface area contributed by atoms with Gasteiger partial charge in [0.25, 0.3) is 5.91 Å². The third kappa shape index (κ3) is 2.88. The number of benzene rings is 1. The van der Waals surface area contributed by atoms with E-state index >= 15 is 0 Å². The number of rotatable bonds is 4. The van der Waals surface area contributed by atoms with Crippen molar-refractivity contribution >= 4 is 17.3 Å². The highest BCUT2D eigenvalue weighted by molar-refractivity contribution is 6.00. The van der Waals surface area contributed by atoms with E-state index in [0.29, 0.717) is 17.8 Å². The standard InChI is InChI=1S/C14H17N3O2/c1-16-14(18)12-4-3-11(15)7-13(12)17(2)8-10-5-6-19-9-10/h3-7,9H,8,15H2,1-2H3,(H,16,18). The SMILES string of the molecule is CNC(=O)c1ccc(N)cc1N(C)Cc1ccoc1. The smallest absolute Gasteiger partial charge is 0.253 e. The second-order valence-electron chi connectivity index (χ2n) is 4.34. The van der Waals surface area contributed by atoms with Crippen LogP contribution in [-0.4, -0.2) is 20.0 Å². The molecule has 0 radical (unpaired) electrons. The quantitative estimate of drug-likeness (QED) is 0.822. The summed E-state index contributed by atoms with van der Waals surface area (Å²) < 4.78 is 5.04. The molecule has 0 unspecified atom stereocenters. The van der Waals surface area contributed by atoms with Crippen LogP contribution in [0.25, 0.3) is 0 Å². The maximum absolute atomic E-state index is 11.9. The average molecular weight is 259 g/mol. The van der Waals surface area contributed by atoms with Crippen LogP contribution >= 0.6 is 0 Å². The van der Waals surface area contributed by atoms with E-state index in [0.717, 1.165) is 11.3 Å². The van der Waals surface area contributed by atoms with Gasteiger partial charge in [0.1, 0.15) is 0 Å². The summed E-state index contributed by atoms with van der Waals surface area (Å²) in [4.78, 5) is 13.8. The molecule has 5 nitrogen and oxygen atoms in total. The molecule has 0 fully saturated rings. The van der Waals surface area contributed by atoms with E-state index in [4.69, 9.17) is 10.2 Å². The number of carbonyl (C=O) groups excluding carboxylic acids is 1. The zero-order valence-corrected chi connectivity index (χ0v) is 11.0. The topological polar surface area (TPSA) is 71.5 Å². The first-order valence-corrected chi connectivity index (χ1v) is 5.95. The lowest BCUT2D eigenvalue weighted by atomic mass is 10.1. The van der Waals surface area contributed by atoms with Gasteiger partial charge >= 0.3 is 0 Å². The highest BCUT2D eigenvalue weighted by atomic mass is 16.3. The zero-order valence-electron chi connectivity index (χ0n) is 11.0.